The number of hydrogen-bond acceptors (Lipinski definition) is 3. The molecule has 0 fully saturated rings. The largest absolute Gasteiger partial charge is 0.219 e. The molecular formula is C13H12ClN3. The topological polar surface area (TPSA) is 38.7 Å². The van der Waals surface area contributed by atoms with E-state index in [1.165, 1.54) is 0 Å². The quantitative estimate of drug-likeness (QED) is 0.815. The smallest absolute Gasteiger partial charge is 0.156 e. The average molecular weight is 246 g/mol. The van der Waals surface area contributed by atoms with Crippen LogP contribution in [0.5, 0.6) is 0 Å². The van der Waals surface area contributed by atoms with E-state index in [9.17, 15) is 0 Å². The van der Waals surface area contributed by atoms with E-state index >= 15 is 0 Å². The van der Waals surface area contributed by atoms with Gasteiger partial charge in [-0.05, 0) is 37.6 Å². The van der Waals surface area contributed by atoms with E-state index in [-0.39, 0.29) is 0 Å². The number of aromatic nitrogens is 3. The Morgan fingerprint density at radius 1 is 0.882 bits per heavy atom. The Morgan fingerprint density at radius 3 is 2.06 bits per heavy atom. The maximum Gasteiger partial charge on any atom is 0.156 e. The molecule has 0 aliphatic heterocycles. The minimum absolute atomic E-state index is 0.671. The van der Waals surface area contributed by atoms with E-state index in [0.29, 0.717) is 5.82 Å². The van der Waals surface area contributed by atoms with Crippen molar-refractivity contribution < 1.29 is 0 Å². The molecule has 17 heavy (non-hydrogen) atoms. The fraction of sp³-hybridized carbons (Fsp3) is 0.154. The lowest BCUT2D eigenvalue weighted by molar-refractivity contribution is 0.908. The summed E-state index contributed by atoms with van der Waals surface area (Å²) in [7, 11) is 0. The third-order valence-electron chi connectivity index (χ3n) is 2.17. The van der Waals surface area contributed by atoms with Crippen LogP contribution in [0.4, 0.5) is 0 Å². The summed E-state index contributed by atoms with van der Waals surface area (Å²) in [6, 6.07) is 7.59. The first-order valence-corrected chi connectivity index (χ1v) is 5.64. The summed E-state index contributed by atoms with van der Waals surface area (Å²) in [5.74, 6) is 2.13. The molecule has 0 saturated carbocycles. The fourth-order valence-electron chi connectivity index (χ4n) is 1.46. The van der Waals surface area contributed by atoms with E-state index in [2.05, 4.69) is 15.0 Å². The van der Waals surface area contributed by atoms with Crippen LogP contribution in [0.2, 0.25) is 5.02 Å². The van der Waals surface area contributed by atoms with Crippen molar-refractivity contribution in [1.29, 1.82) is 0 Å². The monoisotopic (exact) mass is 245 g/mol. The predicted octanol–water partition coefficient (Wildman–Crippen LogP) is 3.31. The molecule has 0 N–H and O–H groups in total. The van der Waals surface area contributed by atoms with Gasteiger partial charge in [-0.2, -0.15) is 0 Å². The van der Waals surface area contributed by atoms with E-state index in [4.69, 9.17) is 11.6 Å². The number of halogens is 1. The molecule has 0 saturated heterocycles. The predicted molar refractivity (Wildman–Crippen MR) is 69.7 cm³/mol. The normalized spacial score (nSPS) is 11.0. The van der Waals surface area contributed by atoms with E-state index in [0.717, 1.165) is 22.2 Å². The molecule has 0 atom stereocenters. The molecule has 0 unspecified atom stereocenters. The minimum atomic E-state index is 0.671. The van der Waals surface area contributed by atoms with Crippen LogP contribution in [-0.4, -0.2) is 15.0 Å². The molecular weight excluding hydrogens is 234 g/mol. The second kappa shape index (κ2) is 5.06. The molecule has 1 aromatic heterocycles. The molecule has 1 aromatic carbocycles. The van der Waals surface area contributed by atoms with Crippen LogP contribution >= 0.6 is 11.6 Å². The fourth-order valence-corrected chi connectivity index (χ4v) is 1.59. The lowest BCUT2D eigenvalue weighted by atomic mass is 10.2. The molecule has 0 aliphatic carbocycles. The Hall–Kier alpha value is -1.74. The van der Waals surface area contributed by atoms with Crippen molar-refractivity contribution in [3.63, 3.8) is 0 Å². The van der Waals surface area contributed by atoms with Crippen LogP contribution < -0.4 is 0 Å². The van der Waals surface area contributed by atoms with Gasteiger partial charge < -0.3 is 0 Å². The molecule has 0 amide bonds. The van der Waals surface area contributed by atoms with Crippen LogP contribution in [0.3, 0.4) is 0 Å². The lowest BCUT2D eigenvalue weighted by Gasteiger charge is -1.97. The van der Waals surface area contributed by atoms with Crippen molar-refractivity contribution in [3.05, 3.63) is 52.3 Å². The molecule has 0 spiro atoms. The van der Waals surface area contributed by atoms with Crippen LogP contribution in [-0.2, 0) is 0 Å². The van der Waals surface area contributed by atoms with E-state index < -0.39 is 0 Å². The first kappa shape index (κ1) is 11.7. The highest BCUT2D eigenvalue weighted by atomic mass is 35.5. The molecule has 3 nitrogen and oxygen atoms in total. The Kier molecular flexibility index (Phi) is 3.49. The average Bonchev–Trinajstić information content (AvgIpc) is 2.27. The molecule has 2 aromatic rings. The summed E-state index contributed by atoms with van der Waals surface area (Å²) in [5.41, 5.74) is 1.06. The van der Waals surface area contributed by atoms with Gasteiger partial charge in [-0.15, -0.1) is 0 Å². The number of benzene rings is 1. The Balaban J connectivity index is 2.22. The lowest BCUT2D eigenvalue weighted by Crippen LogP contribution is -1.98. The summed E-state index contributed by atoms with van der Waals surface area (Å²) in [6.07, 6.45) is 3.81. The number of rotatable bonds is 2. The van der Waals surface area contributed by atoms with E-state index in [1.54, 1.807) is 0 Å². The van der Waals surface area contributed by atoms with Gasteiger partial charge in [0.05, 0.1) is 0 Å². The molecule has 0 aliphatic rings. The van der Waals surface area contributed by atoms with E-state index in [1.807, 2.05) is 50.3 Å². The van der Waals surface area contributed by atoms with Crippen molar-refractivity contribution in [3.8, 4) is 0 Å². The van der Waals surface area contributed by atoms with Gasteiger partial charge in [0, 0.05) is 5.02 Å². The summed E-state index contributed by atoms with van der Waals surface area (Å²) in [6.45, 7) is 3.71. The highest BCUT2D eigenvalue weighted by Crippen LogP contribution is 2.11. The van der Waals surface area contributed by atoms with Crippen molar-refractivity contribution in [2.45, 2.75) is 13.8 Å². The van der Waals surface area contributed by atoms with Crippen LogP contribution in [0.15, 0.2) is 24.3 Å². The van der Waals surface area contributed by atoms with Gasteiger partial charge in [0.1, 0.15) is 11.6 Å². The Bertz CT molecular complexity index is 527. The molecule has 2 rings (SSSR count). The second-order valence-corrected chi connectivity index (χ2v) is 4.11. The van der Waals surface area contributed by atoms with Crippen LogP contribution in [0, 0.1) is 13.8 Å². The zero-order valence-corrected chi connectivity index (χ0v) is 10.4. The van der Waals surface area contributed by atoms with Crippen molar-refractivity contribution in [2.75, 3.05) is 0 Å². The third-order valence-corrected chi connectivity index (χ3v) is 2.42. The zero-order valence-electron chi connectivity index (χ0n) is 9.68. The van der Waals surface area contributed by atoms with Gasteiger partial charge in [-0.1, -0.05) is 29.8 Å². The molecule has 4 heteroatoms. The summed E-state index contributed by atoms with van der Waals surface area (Å²) < 4.78 is 0. The summed E-state index contributed by atoms with van der Waals surface area (Å²) in [4.78, 5) is 12.6. The van der Waals surface area contributed by atoms with Gasteiger partial charge in [0.25, 0.3) is 0 Å². The summed E-state index contributed by atoms with van der Waals surface area (Å²) in [5, 5.41) is 0.731. The van der Waals surface area contributed by atoms with Gasteiger partial charge in [0.2, 0.25) is 0 Å². The third kappa shape index (κ3) is 3.36. The Morgan fingerprint density at radius 2 is 1.47 bits per heavy atom. The number of aryl methyl sites for hydroxylation is 2. The molecule has 1 heterocycles. The molecule has 0 bridgehead atoms. The van der Waals surface area contributed by atoms with Gasteiger partial charge in [-0.3, -0.25) is 0 Å². The highest BCUT2D eigenvalue weighted by molar-refractivity contribution is 6.30. The van der Waals surface area contributed by atoms with Crippen LogP contribution in [0.25, 0.3) is 12.2 Å². The molecule has 0 radical (unpaired) electrons. The summed E-state index contributed by atoms with van der Waals surface area (Å²) >= 11 is 5.81. The van der Waals surface area contributed by atoms with Crippen LogP contribution in [0.1, 0.15) is 23.0 Å². The first-order chi connectivity index (χ1) is 8.13. The number of nitrogens with zero attached hydrogens (tertiary/aromatic N) is 3. The standard InChI is InChI=1S/C13H12ClN3/c1-9-15-10(2)17-13(16-9)8-5-11-3-6-12(14)7-4-11/h3-8H,1-2H3/b8-5+. The molecule has 86 valence electrons. The SMILES string of the molecule is Cc1nc(C)nc(/C=C/c2ccc(Cl)cc2)n1. The second-order valence-electron chi connectivity index (χ2n) is 3.67. The zero-order chi connectivity index (χ0) is 12.3. The first-order valence-electron chi connectivity index (χ1n) is 5.26. The highest BCUT2D eigenvalue weighted by Gasteiger charge is 1.96. The minimum Gasteiger partial charge on any atom is -0.219 e. The van der Waals surface area contributed by atoms with Gasteiger partial charge in [0.15, 0.2) is 5.82 Å². The maximum atomic E-state index is 5.81. The van der Waals surface area contributed by atoms with Crippen molar-refractivity contribution >= 4 is 23.8 Å². The van der Waals surface area contributed by atoms with Gasteiger partial charge >= 0.3 is 0 Å². The number of hydrogen-bond donors (Lipinski definition) is 0. The van der Waals surface area contributed by atoms with Crippen molar-refractivity contribution in [1.82, 2.24) is 15.0 Å². The van der Waals surface area contributed by atoms with Crippen molar-refractivity contribution in [2.24, 2.45) is 0 Å². The maximum absolute atomic E-state index is 5.81. The van der Waals surface area contributed by atoms with Gasteiger partial charge in [-0.25, -0.2) is 15.0 Å². The Labute approximate surface area is 105 Å².